The standard InChI is InChI=1S/C21H30N2O2/c1-17-4-9-20(25-17)19-7-5-18(6-8-19)14-23-12-10-21(16-24,11-13-23)15-22(2)3/h4-9,24H,10-16H2,1-3H3. The number of nitrogens with zero attached hydrogens (tertiary/aromatic N) is 2. The van der Waals surface area contributed by atoms with Gasteiger partial charge in [0.05, 0.1) is 6.61 Å². The molecule has 0 radical (unpaired) electrons. The van der Waals surface area contributed by atoms with Gasteiger partial charge in [0.25, 0.3) is 0 Å². The molecule has 4 nitrogen and oxygen atoms in total. The normalized spacial score (nSPS) is 18.0. The van der Waals surface area contributed by atoms with Crippen LogP contribution in [0, 0.1) is 12.3 Å². The first-order chi connectivity index (χ1) is 12.0. The number of hydrogen-bond acceptors (Lipinski definition) is 4. The maximum atomic E-state index is 9.85. The van der Waals surface area contributed by atoms with E-state index in [1.165, 1.54) is 5.56 Å². The number of piperidine rings is 1. The molecule has 0 saturated carbocycles. The van der Waals surface area contributed by atoms with E-state index in [0.717, 1.165) is 56.1 Å². The Kier molecular flexibility index (Phi) is 5.62. The number of aryl methyl sites for hydroxylation is 1. The summed E-state index contributed by atoms with van der Waals surface area (Å²) in [7, 11) is 4.18. The minimum absolute atomic E-state index is 0.0704. The van der Waals surface area contributed by atoms with Gasteiger partial charge in [-0.1, -0.05) is 24.3 Å². The molecule has 1 aliphatic heterocycles. The van der Waals surface area contributed by atoms with E-state index in [1.54, 1.807) is 0 Å². The van der Waals surface area contributed by atoms with Crippen molar-refractivity contribution >= 4 is 0 Å². The van der Waals surface area contributed by atoms with Crippen molar-refractivity contribution in [1.82, 2.24) is 9.80 Å². The molecule has 1 aliphatic rings. The van der Waals surface area contributed by atoms with Crippen LogP contribution in [0.3, 0.4) is 0 Å². The molecule has 0 spiro atoms. The molecule has 3 rings (SSSR count). The van der Waals surface area contributed by atoms with Crippen LogP contribution in [0.2, 0.25) is 0 Å². The average molecular weight is 342 g/mol. The summed E-state index contributed by atoms with van der Waals surface area (Å²) < 4.78 is 5.69. The van der Waals surface area contributed by atoms with E-state index in [2.05, 4.69) is 48.2 Å². The SMILES string of the molecule is Cc1ccc(-c2ccc(CN3CCC(CO)(CN(C)C)CC3)cc2)o1. The quantitative estimate of drug-likeness (QED) is 0.873. The Hall–Kier alpha value is -1.62. The first-order valence-electron chi connectivity index (χ1n) is 9.13. The lowest BCUT2D eigenvalue weighted by atomic mass is 9.78. The monoisotopic (exact) mass is 342 g/mol. The highest BCUT2D eigenvalue weighted by Crippen LogP contribution is 2.32. The van der Waals surface area contributed by atoms with Gasteiger partial charge in [-0.25, -0.2) is 0 Å². The predicted molar refractivity (Wildman–Crippen MR) is 101 cm³/mol. The molecule has 1 N–H and O–H groups in total. The van der Waals surface area contributed by atoms with Crippen molar-refractivity contribution in [2.45, 2.75) is 26.3 Å². The summed E-state index contributed by atoms with van der Waals surface area (Å²) in [6.45, 7) is 6.30. The van der Waals surface area contributed by atoms with Crippen molar-refractivity contribution in [3.05, 3.63) is 47.7 Å². The Morgan fingerprint density at radius 2 is 1.76 bits per heavy atom. The Morgan fingerprint density at radius 1 is 1.08 bits per heavy atom. The Labute approximate surface area is 151 Å². The van der Waals surface area contributed by atoms with E-state index in [0.29, 0.717) is 0 Å². The maximum absolute atomic E-state index is 9.85. The summed E-state index contributed by atoms with van der Waals surface area (Å²) in [4.78, 5) is 4.69. The highest BCUT2D eigenvalue weighted by atomic mass is 16.3. The second-order valence-corrected chi connectivity index (χ2v) is 7.78. The van der Waals surface area contributed by atoms with Gasteiger partial charge < -0.3 is 14.4 Å². The van der Waals surface area contributed by atoms with E-state index >= 15 is 0 Å². The molecular weight excluding hydrogens is 312 g/mol. The van der Waals surface area contributed by atoms with Gasteiger partial charge in [0.15, 0.2) is 0 Å². The first-order valence-corrected chi connectivity index (χ1v) is 9.13. The fraction of sp³-hybridized carbons (Fsp3) is 0.524. The van der Waals surface area contributed by atoms with Crippen LogP contribution in [-0.2, 0) is 6.54 Å². The molecule has 0 aliphatic carbocycles. The van der Waals surface area contributed by atoms with Gasteiger partial charge in [-0.2, -0.15) is 0 Å². The van der Waals surface area contributed by atoms with Gasteiger partial charge in [-0.3, -0.25) is 4.90 Å². The van der Waals surface area contributed by atoms with Crippen LogP contribution in [-0.4, -0.2) is 55.2 Å². The minimum Gasteiger partial charge on any atom is -0.461 e. The van der Waals surface area contributed by atoms with Crippen LogP contribution in [0.15, 0.2) is 40.8 Å². The van der Waals surface area contributed by atoms with Gasteiger partial charge in [0.2, 0.25) is 0 Å². The molecule has 136 valence electrons. The Balaban J connectivity index is 1.57. The zero-order valence-corrected chi connectivity index (χ0v) is 15.7. The van der Waals surface area contributed by atoms with Crippen molar-refractivity contribution in [3.8, 4) is 11.3 Å². The summed E-state index contributed by atoms with van der Waals surface area (Å²) in [5.41, 5.74) is 2.53. The van der Waals surface area contributed by atoms with Crippen molar-refractivity contribution < 1.29 is 9.52 Å². The highest BCUT2D eigenvalue weighted by molar-refractivity contribution is 5.57. The molecule has 4 heteroatoms. The van der Waals surface area contributed by atoms with Crippen molar-refractivity contribution in [2.24, 2.45) is 5.41 Å². The summed E-state index contributed by atoms with van der Waals surface area (Å²) in [5, 5.41) is 9.85. The Morgan fingerprint density at radius 3 is 2.28 bits per heavy atom. The number of rotatable bonds is 6. The summed E-state index contributed by atoms with van der Waals surface area (Å²) in [5.74, 6) is 1.87. The molecule has 0 bridgehead atoms. The van der Waals surface area contributed by atoms with Crippen molar-refractivity contribution in [2.75, 3.05) is 40.3 Å². The number of aliphatic hydroxyl groups is 1. The van der Waals surface area contributed by atoms with Gasteiger partial charge in [-0.05, 0) is 64.6 Å². The van der Waals surface area contributed by atoms with E-state index in [4.69, 9.17) is 4.42 Å². The van der Waals surface area contributed by atoms with E-state index in [9.17, 15) is 5.11 Å². The third kappa shape index (κ3) is 4.51. The molecule has 1 saturated heterocycles. The molecule has 1 aromatic carbocycles. The fourth-order valence-corrected chi connectivity index (χ4v) is 3.84. The third-order valence-corrected chi connectivity index (χ3v) is 5.29. The molecule has 25 heavy (non-hydrogen) atoms. The summed E-state index contributed by atoms with van der Waals surface area (Å²) in [6.07, 6.45) is 2.12. The molecule has 0 amide bonds. The number of likely N-dealkylation sites (tertiary alicyclic amines) is 1. The molecule has 2 aromatic rings. The number of furan rings is 1. The zero-order chi connectivity index (χ0) is 17.9. The van der Waals surface area contributed by atoms with Crippen molar-refractivity contribution in [3.63, 3.8) is 0 Å². The lowest BCUT2D eigenvalue weighted by molar-refractivity contribution is 0.0219. The molecule has 2 heterocycles. The van der Waals surface area contributed by atoms with E-state index < -0.39 is 0 Å². The third-order valence-electron chi connectivity index (χ3n) is 5.29. The van der Waals surface area contributed by atoms with Gasteiger partial charge in [0, 0.05) is 24.1 Å². The van der Waals surface area contributed by atoms with Crippen molar-refractivity contribution in [1.29, 1.82) is 0 Å². The van der Waals surface area contributed by atoms with Crippen LogP contribution in [0.25, 0.3) is 11.3 Å². The smallest absolute Gasteiger partial charge is 0.134 e. The van der Waals surface area contributed by atoms with Crippen LogP contribution >= 0.6 is 0 Å². The second-order valence-electron chi connectivity index (χ2n) is 7.78. The van der Waals surface area contributed by atoms with Gasteiger partial charge >= 0.3 is 0 Å². The number of benzene rings is 1. The molecule has 0 unspecified atom stereocenters. The summed E-state index contributed by atoms with van der Waals surface area (Å²) in [6, 6.07) is 12.7. The lowest BCUT2D eigenvalue weighted by Gasteiger charge is -2.42. The zero-order valence-electron chi connectivity index (χ0n) is 15.7. The van der Waals surface area contributed by atoms with Crippen LogP contribution in [0.4, 0.5) is 0 Å². The molecule has 1 fully saturated rings. The minimum atomic E-state index is 0.0704. The predicted octanol–water partition coefficient (Wildman–Crippen LogP) is 3.39. The number of hydrogen-bond donors (Lipinski definition) is 1. The fourth-order valence-electron chi connectivity index (χ4n) is 3.84. The van der Waals surface area contributed by atoms with Crippen LogP contribution < -0.4 is 0 Å². The summed E-state index contributed by atoms with van der Waals surface area (Å²) >= 11 is 0. The van der Waals surface area contributed by atoms with Gasteiger partial charge in [0.1, 0.15) is 11.5 Å². The Bertz CT molecular complexity index is 667. The second kappa shape index (κ2) is 7.73. The average Bonchev–Trinajstić information content (AvgIpc) is 3.03. The highest BCUT2D eigenvalue weighted by Gasteiger charge is 2.34. The first kappa shape index (κ1) is 18.2. The maximum Gasteiger partial charge on any atom is 0.134 e. The molecule has 0 atom stereocenters. The van der Waals surface area contributed by atoms with E-state index in [-0.39, 0.29) is 12.0 Å². The van der Waals surface area contributed by atoms with Crippen LogP contribution in [0.5, 0.6) is 0 Å². The molecule has 1 aromatic heterocycles. The number of aliphatic hydroxyl groups excluding tert-OH is 1. The van der Waals surface area contributed by atoms with E-state index in [1.807, 2.05) is 19.1 Å². The molecular formula is C21H30N2O2. The lowest BCUT2D eigenvalue weighted by Crippen LogP contribution is -2.46. The van der Waals surface area contributed by atoms with Crippen LogP contribution in [0.1, 0.15) is 24.2 Å². The van der Waals surface area contributed by atoms with Gasteiger partial charge in [-0.15, -0.1) is 0 Å². The topological polar surface area (TPSA) is 39.9 Å². The largest absolute Gasteiger partial charge is 0.461 e.